The summed E-state index contributed by atoms with van der Waals surface area (Å²) in [6.45, 7) is 7.37. The molecule has 134 valence electrons. The molecule has 0 bridgehead atoms. The SMILES string of the molecule is CCC(C)OC(=O)C(C)SCC(=O)Nc1cc(C)c(Cl)cc1OC. The van der Waals surface area contributed by atoms with Crippen LogP contribution in [0.3, 0.4) is 0 Å². The lowest BCUT2D eigenvalue weighted by molar-refractivity contribution is -0.147. The summed E-state index contributed by atoms with van der Waals surface area (Å²) < 4.78 is 10.5. The Hall–Kier alpha value is -1.40. The summed E-state index contributed by atoms with van der Waals surface area (Å²) >= 11 is 7.28. The van der Waals surface area contributed by atoms with E-state index in [1.54, 1.807) is 19.1 Å². The van der Waals surface area contributed by atoms with Gasteiger partial charge in [0.05, 0.1) is 24.7 Å². The van der Waals surface area contributed by atoms with Gasteiger partial charge in [0.1, 0.15) is 11.0 Å². The van der Waals surface area contributed by atoms with Crippen molar-refractivity contribution >= 4 is 40.9 Å². The Bertz CT molecular complexity index is 594. The summed E-state index contributed by atoms with van der Waals surface area (Å²) in [5.74, 6) is 0.111. The van der Waals surface area contributed by atoms with Crippen LogP contribution in [0.5, 0.6) is 5.75 Å². The number of anilines is 1. The molecule has 0 aliphatic rings. The molecule has 0 aromatic heterocycles. The Labute approximate surface area is 152 Å². The first kappa shape index (κ1) is 20.6. The van der Waals surface area contributed by atoms with Crippen LogP contribution in [0.1, 0.15) is 32.8 Å². The van der Waals surface area contributed by atoms with E-state index >= 15 is 0 Å². The minimum atomic E-state index is -0.404. The first-order chi connectivity index (χ1) is 11.3. The van der Waals surface area contributed by atoms with Crippen molar-refractivity contribution < 1.29 is 19.1 Å². The Balaban J connectivity index is 2.58. The second-order valence-corrected chi connectivity index (χ2v) is 7.20. The average Bonchev–Trinajstić information content (AvgIpc) is 2.55. The number of esters is 1. The van der Waals surface area contributed by atoms with E-state index in [9.17, 15) is 9.59 Å². The molecule has 0 fully saturated rings. The first-order valence-corrected chi connectivity index (χ1v) is 9.17. The van der Waals surface area contributed by atoms with E-state index in [0.29, 0.717) is 16.5 Å². The number of hydrogen-bond donors (Lipinski definition) is 1. The summed E-state index contributed by atoms with van der Waals surface area (Å²) in [6.07, 6.45) is 0.648. The summed E-state index contributed by atoms with van der Waals surface area (Å²) in [6, 6.07) is 3.41. The molecule has 0 saturated carbocycles. The maximum atomic E-state index is 12.1. The minimum absolute atomic E-state index is 0.115. The fourth-order valence-electron chi connectivity index (χ4n) is 1.76. The molecule has 2 unspecified atom stereocenters. The number of nitrogens with one attached hydrogen (secondary N) is 1. The molecular formula is C17H24ClNO4S. The van der Waals surface area contributed by atoms with Crippen LogP contribution >= 0.6 is 23.4 Å². The number of benzene rings is 1. The number of methoxy groups -OCH3 is 1. The molecular weight excluding hydrogens is 350 g/mol. The molecule has 0 saturated heterocycles. The van der Waals surface area contributed by atoms with E-state index in [2.05, 4.69) is 5.32 Å². The van der Waals surface area contributed by atoms with Crippen molar-refractivity contribution in [3.63, 3.8) is 0 Å². The third-order valence-corrected chi connectivity index (χ3v) is 4.97. The van der Waals surface area contributed by atoms with Gasteiger partial charge >= 0.3 is 5.97 Å². The second-order valence-electron chi connectivity index (χ2n) is 5.46. The van der Waals surface area contributed by atoms with E-state index in [0.717, 1.165) is 12.0 Å². The molecule has 0 aliphatic carbocycles. The Morgan fingerprint density at radius 1 is 1.33 bits per heavy atom. The summed E-state index contributed by atoms with van der Waals surface area (Å²) in [5, 5.41) is 2.95. The Morgan fingerprint density at radius 3 is 2.58 bits per heavy atom. The highest BCUT2D eigenvalue weighted by Crippen LogP contribution is 2.31. The van der Waals surface area contributed by atoms with E-state index in [1.807, 2.05) is 20.8 Å². The molecule has 5 nitrogen and oxygen atoms in total. The number of aryl methyl sites for hydroxylation is 1. The molecule has 1 aromatic carbocycles. The molecule has 2 atom stereocenters. The van der Waals surface area contributed by atoms with Crippen molar-refractivity contribution in [2.75, 3.05) is 18.2 Å². The summed E-state index contributed by atoms with van der Waals surface area (Å²) in [4.78, 5) is 24.0. The van der Waals surface area contributed by atoms with E-state index in [1.165, 1.54) is 18.9 Å². The van der Waals surface area contributed by atoms with Crippen molar-refractivity contribution in [3.05, 3.63) is 22.7 Å². The number of halogens is 1. The highest BCUT2D eigenvalue weighted by Gasteiger charge is 2.19. The molecule has 0 heterocycles. The first-order valence-electron chi connectivity index (χ1n) is 7.74. The van der Waals surface area contributed by atoms with Crippen LogP contribution < -0.4 is 10.1 Å². The monoisotopic (exact) mass is 373 g/mol. The molecule has 0 aliphatic heterocycles. The maximum Gasteiger partial charge on any atom is 0.319 e. The molecule has 1 rings (SSSR count). The standard InChI is InChI=1S/C17H24ClNO4S/c1-6-11(3)23-17(21)12(4)24-9-16(20)19-14-7-10(2)13(18)8-15(14)22-5/h7-8,11-12H,6,9H2,1-5H3,(H,19,20). The van der Waals surface area contributed by atoms with E-state index in [-0.39, 0.29) is 23.7 Å². The van der Waals surface area contributed by atoms with Crippen LogP contribution in [0.4, 0.5) is 5.69 Å². The third kappa shape index (κ3) is 6.24. The van der Waals surface area contributed by atoms with Crippen LogP contribution in [-0.2, 0) is 14.3 Å². The number of thioether (sulfide) groups is 1. The van der Waals surface area contributed by atoms with E-state index in [4.69, 9.17) is 21.1 Å². The van der Waals surface area contributed by atoms with Gasteiger partial charge in [-0.05, 0) is 38.8 Å². The lowest BCUT2D eigenvalue weighted by Gasteiger charge is -2.16. The zero-order valence-corrected chi connectivity index (χ0v) is 16.2. The van der Waals surface area contributed by atoms with Crippen molar-refractivity contribution in [3.8, 4) is 5.75 Å². The number of ether oxygens (including phenoxy) is 2. The van der Waals surface area contributed by atoms with Gasteiger partial charge in [-0.3, -0.25) is 9.59 Å². The van der Waals surface area contributed by atoms with Gasteiger partial charge in [-0.1, -0.05) is 18.5 Å². The van der Waals surface area contributed by atoms with Crippen LogP contribution in [0, 0.1) is 6.92 Å². The Kier molecular flexibility index (Phi) is 8.42. The largest absolute Gasteiger partial charge is 0.495 e. The van der Waals surface area contributed by atoms with Gasteiger partial charge in [-0.15, -0.1) is 11.8 Å². The van der Waals surface area contributed by atoms with Crippen LogP contribution in [0.2, 0.25) is 5.02 Å². The topological polar surface area (TPSA) is 64.6 Å². The number of rotatable bonds is 8. The Morgan fingerprint density at radius 2 is 2.00 bits per heavy atom. The van der Waals surface area contributed by atoms with Gasteiger partial charge in [0.2, 0.25) is 5.91 Å². The predicted octanol–water partition coefficient (Wildman–Crippen LogP) is 4.06. The van der Waals surface area contributed by atoms with Crippen molar-refractivity contribution in [2.45, 2.75) is 45.5 Å². The molecule has 1 aromatic rings. The quantitative estimate of drug-likeness (QED) is 0.696. The molecule has 1 N–H and O–H groups in total. The fourth-order valence-corrected chi connectivity index (χ4v) is 2.58. The zero-order chi connectivity index (χ0) is 18.3. The average molecular weight is 374 g/mol. The molecule has 0 spiro atoms. The third-order valence-electron chi connectivity index (χ3n) is 3.44. The maximum absolute atomic E-state index is 12.1. The van der Waals surface area contributed by atoms with Gasteiger partial charge in [-0.2, -0.15) is 0 Å². The summed E-state index contributed by atoms with van der Waals surface area (Å²) in [7, 11) is 1.51. The summed E-state index contributed by atoms with van der Waals surface area (Å²) in [5.41, 5.74) is 1.39. The highest BCUT2D eigenvalue weighted by molar-refractivity contribution is 8.01. The van der Waals surface area contributed by atoms with Crippen LogP contribution in [0.25, 0.3) is 0 Å². The van der Waals surface area contributed by atoms with Gasteiger partial charge in [0.15, 0.2) is 0 Å². The van der Waals surface area contributed by atoms with Gasteiger partial charge < -0.3 is 14.8 Å². The molecule has 7 heteroatoms. The highest BCUT2D eigenvalue weighted by atomic mass is 35.5. The van der Waals surface area contributed by atoms with Crippen molar-refractivity contribution in [2.24, 2.45) is 0 Å². The second kappa shape index (κ2) is 9.79. The lowest BCUT2D eigenvalue weighted by Crippen LogP contribution is -2.24. The van der Waals surface area contributed by atoms with Crippen LogP contribution in [-0.4, -0.2) is 36.1 Å². The van der Waals surface area contributed by atoms with Gasteiger partial charge in [-0.25, -0.2) is 0 Å². The predicted molar refractivity (Wildman–Crippen MR) is 99.1 cm³/mol. The normalized spacial score (nSPS) is 13.1. The number of carbonyl (C=O) groups excluding carboxylic acids is 2. The molecule has 0 radical (unpaired) electrons. The molecule has 1 amide bonds. The van der Waals surface area contributed by atoms with Gasteiger partial charge in [0, 0.05) is 11.1 Å². The van der Waals surface area contributed by atoms with Crippen LogP contribution in [0.15, 0.2) is 12.1 Å². The smallest absolute Gasteiger partial charge is 0.319 e. The zero-order valence-electron chi connectivity index (χ0n) is 14.6. The lowest BCUT2D eigenvalue weighted by atomic mass is 10.2. The molecule has 24 heavy (non-hydrogen) atoms. The van der Waals surface area contributed by atoms with Crippen molar-refractivity contribution in [1.29, 1.82) is 0 Å². The minimum Gasteiger partial charge on any atom is -0.495 e. The fraction of sp³-hybridized carbons (Fsp3) is 0.529. The number of amides is 1. The van der Waals surface area contributed by atoms with E-state index < -0.39 is 5.25 Å². The van der Waals surface area contributed by atoms with Gasteiger partial charge in [0.25, 0.3) is 0 Å². The van der Waals surface area contributed by atoms with Crippen molar-refractivity contribution in [1.82, 2.24) is 0 Å². The number of carbonyl (C=O) groups is 2. The number of hydrogen-bond acceptors (Lipinski definition) is 5.